The molecule has 1 aliphatic carbocycles. The normalized spacial score (nSPS) is 13.5. The first-order valence-corrected chi connectivity index (χ1v) is 26.1. The van der Waals surface area contributed by atoms with Crippen LogP contribution in [0.2, 0.25) is 0 Å². The Balaban J connectivity index is 0.875. The van der Waals surface area contributed by atoms with E-state index in [1.54, 1.807) is 0 Å². The summed E-state index contributed by atoms with van der Waals surface area (Å²) in [5.41, 5.74) is 21.8. The van der Waals surface area contributed by atoms with Crippen LogP contribution in [0.1, 0.15) is 50.1 Å². The fourth-order valence-electron chi connectivity index (χ4n) is 11.6. The van der Waals surface area contributed by atoms with E-state index >= 15 is 0 Å². The highest BCUT2D eigenvalue weighted by atomic mass is 16.5. The minimum atomic E-state index is -0.611. The quantitative estimate of drug-likeness (QED) is 0.115. The van der Waals surface area contributed by atoms with Crippen molar-refractivity contribution in [3.05, 3.63) is 324 Å². The highest BCUT2D eigenvalue weighted by Crippen LogP contribution is 2.57. The van der Waals surface area contributed by atoms with Crippen LogP contribution in [0.4, 0.5) is 17.1 Å². The zero-order chi connectivity index (χ0) is 51.2. The Morgan fingerprint density at radius 1 is 0.434 bits per heavy atom. The maximum Gasteiger partial charge on any atom is 0.127 e. The number of ether oxygens (including phenoxy) is 1. The lowest BCUT2D eigenvalue weighted by Crippen LogP contribution is -2.28. The van der Waals surface area contributed by atoms with E-state index in [2.05, 4.69) is 266 Å². The molecular formula is C73H54N2O. The third-order valence-corrected chi connectivity index (χ3v) is 15.4. The molecular weight excluding hydrogens is 921 g/mol. The summed E-state index contributed by atoms with van der Waals surface area (Å²) in [6.45, 7) is 9.96. The molecule has 1 aliphatic rings. The van der Waals surface area contributed by atoms with Crippen LogP contribution in [-0.2, 0) is 11.8 Å². The van der Waals surface area contributed by atoms with Gasteiger partial charge in [-0.3, -0.25) is 0 Å². The molecule has 1 atom stereocenters. The van der Waals surface area contributed by atoms with Crippen LogP contribution in [-0.4, -0.2) is 4.57 Å². The third kappa shape index (κ3) is 8.10. The molecule has 3 heteroatoms. The van der Waals surface area contributed by atoms with Gasteiger partial charge in [0.2, 0.25) is 0 Å². The van der Waals surface area contributed by atoms with Crippen molar-refractivity contribution in [2.24, 2.45) is 0 Å². The molecule has 0 spiro atoms. The van der Waals surface area contributed by atoms with Crippen LogP contribution in [0.3, 0.4) is 0 Å². The average Bonchev–Trinajstić information content (AvgIpc) is 4.10. The van der Waals surface area contributed by atoms with Gasteiger partial charge in [0.1, 0.15) is 11.5 Å². The van der Waals surface area contributed by atoms with Gasteiger partial charge in [-0.15, -0.1) is 0 Å². The molecule has 76 heavy (non-hydrogen) atoms. The zero-order valence-electron chi connectivity index (χ0n) is 42.4. The van der Waals surface area contributed by atoms with Crippen molar-refractivity contribution >= 4 is 51.0 Å². The van der Waals surface area contributed by atoms with Gasteiger partial charge in [0.15, 0.2) is 0 Å². The van der Waals surface area contributed by atoms with E-state index in [1.165, 1.54) is 77.4 Å². The highest BCUT2D eigenvalue weighted by Gasteiger charge is 2.46. The number of nitrogens with zero attached hydrogens (tertiary/aromatic N) is 2. The predicted molar refractivity (Wildman–Crippen MR) is 319 cm³/mol. The van der Waals surface area contributed by atoms with E-state index in [4.69, 9.17) is 4.74 Å². The van der Waals surface area contributed by atoms with Crippen LogP contribution in [0.15, 0.2) is 274 Å². The number of hydrogen-bond acceptors (Lipinski definition) is 2. The molecule has 0 aliphatic heterocycles. The third-order valence-electron chi connectivity index (χ3n) is 15.4. The van der Waals surface area contributed by atoms with E-state index in [1.807, 2.05) is 36.4 Å². The van der Waals surface area contributed by atoms with Gasteiger partial charge in [-0.05, 0) is 171 Å². The van der Waals surface area contributed by atoms with Gasteiger partial charge in [0, 0.05) is 33.5 Å². The molecule has 0 saturated carbocycles. The molecule has 1 aromatic heterocycles. The molecule has 0 amide bonds. The number of hydrogen-bond donors (Lipinski definition) is 0. The molecule has 0 radical (unpaired) electrons. The van der Waals surface area contributed by atoms with Crippen molar-refractivity contribution < 1.29 is 4.74 Å². The number of para-hydroxylation sites is 1. The van der Waals surface area contributed by atoms with Crippen LogP contribution in [0, 0.1) is 6.92 Å². The molecule has 1 heterocycles. The number of anilines is 3. The van der Waals surface area contributed by atoms with E-state index in [-0.39, 0.29) is 0 Å². The summed E-state index contributed by atoms with van der Waals surface area (Å²) in [6.07, 6.45) is 4.61. The van der Waals surface area contributed by atoms with Crippen molar-refractivity contribution in [3.63, 3.8) is 0 Å². The Labute approximate surface area is 445 Å². The van der Waals surface area contributed by atoms with Gasteiger partial charge in [-0.2, -0.15) is 0 Å². The van der Waals surface area contributed by atoms with Gasteiger partial charge < -0.3 is 14.2 Å². The smallest absolute Gasteiger partial charge is 0.127 e. The fraction of sp³-hybridized carbons (Fsp3) is 0.0411. The van der Waals surface area contributed by atoms with E-state index in [0.29, 0.717) is 0 Å². The first-order chi connectivity index (χ1) is 37.4. The fourth-order valence-corrected chi connectivity index (χ4v) is 11.6. The Bertz CT molecular complexity index is 4100. The lowest BCUT2D eigenvalue weighted by Gasteiger charge is -2.35. The summed E-state index contributed by atoms with van der Waals surface area (Å²) in [7, 11) is 0. The molecule has 12 aromatic rings. The summed E-state index contributed by atoms with van der Waals surface area (Å²) >= 11 is 0. The van der Waals surface area contributed by atoms with Crippen molar-refractivity contribution in [1.82, 2.24) is 4.57 Å². The Morgan fingerprint density at radius 3 is 1.67 bits per heavy atom. The molecule has 3 nitrogen and oxygen atoms in total. The second-order valence-electron chi connectivity index (χ2n) is 19.9. The summed E-state index contributed by atoms with van der Waals surface area (Å²) in [5, 5.41) is 2.46. The molecule has 1 unspecified atom stereocenters. The van der Waals surface area contributed by atoms with Crippen molar-refractivity contribution in [2.75, 3.05) is 4.90 Å². The first-order valence-electron chi connectivity index (χ1n) is 26.1. The van der Waals surface area contributed by atoms with E-state index < -0.39 is 5.41 Å². The van der Waals surface area contributed by atoms with Crippen molar-refractivity contribution in [1.29, 1.82) is 0 Å². The monoisotopic (exact) mass is 974 g/mol. The second-order valence-corrected chi connectivity index (χ2v) is 19.9. The van der Waals surface area contributed by atoms with Gasteiger partial charge in [-0.1, -0.05) is 201 Å². The first kappa shape index (κ1) is 46.1. The van der Waals surface area contributed by atoms with E-state index in [9.17, 15) is 0 Å². The van der Waals surface area contributed by atoms with E-state index in [0.717, 1.165) is 57.4 Å². The zero-order valence-corrected chi connectivity index (χ0v) is 42.4. The number of fused-ring (bicyclic) bond motifs is 6. The van der Waals surface area contributed by atoms with Gasteiger partial charge in [-0.25, -0.2) is 0 Å². The molecule has 0 N–H and O–H groups in total. The topological polar surface area (TPSA) is 17.4 Å². The summed E-state index contributed by atoms with van der Waals surface area (Å²) < 4.78 is 8.80. The maximum atomic E-state index is 6.40. The summed E-state index contributed by atoms with van der Waals surface area (Å²) in [6, 6.07) is 95.0. The summed E-state index contributed by atoms with van der Waals surface area (Å²) in [5.74, 6) is 1.56. The molecule has 11 aromatic carbocycles. The largest absolute Gasteiger partial charge is 0.457 e. The number of aromatic nitrogens is 1. The van der Waals surface area contributed by atoms with Gasteiger partial charge in [0.05, 0.1) is 16.4 Å². The molecule has 362 valence electrons. The Hall–Kier alpha value is -9.70. The number of aryl methyl sites for hydroxylation is 1. The minimum Gasteiger partial charge on any atom is -0.457 e. The van der Waals surface area contributed by atoms with Crippen molar-refractivity contribution in [2.45, 2.75) is 18.8 Å². The predicted octanol–water partition coefficient (Wildman–Crippen LogP) is 19.3. The number of benzene rings is 11. The summed E-state index contributed by atoms with van der Waals surface area (Å²) in [4.78, 5) is 2.40. The second kappa shape index (κ2) is 19.3. The number of rotatable bonds is 13. The minimum absolute atomic E-state index is 0.611. The highest BCUT2D eigenvalue weighted by molar-refractivity contribution is 6.10. The molecule has 0 bridgehead atoms. The van der Waals surface area contributed by atoms with Crippen molar-refractivity contribution in [3.8, 4) is 39.4 Å². The Morgan fingerprint density at radius 2 is 0.974 bits per heavy atom. The molecule has 0 saturated heterocycles. The average molecular weight is 975 g/mol. The molecule has 13 rings (SSSR count). The van der Waals surface area contributed by atoms with Crippen LogP contribution < -0.4 is 9.64 Å². The van der Waals surface area contributed by atoms with Gasteiger partial charge >= 0.3 is 0 Å². The van der Waals surface area contributed by atoms with Crippen LogP contribution >= 0.6 is 0 Å². The molecule has 0 fully saturated rings. The maximum absolute atomic E-state index is 6.40. The van der Waals surface area contributed by atoms with Gasteiger partial charge in [0.25, 0.3) is 0 Å². The lowest BCUT2D eigenvalue weighted by atomic mass is 9.67. The standard InChI is InChI=1S/C73H54N2O/c1-4-51-21-23-53(24-22-51)47-54-25-36-61(37-26-54)75-71-18-12-10-16-67(71)68-48-56(31-46-72(68)75)55-29-38-60(39-30-55)74(59-34-19-50(3)20-35-59)62-40-45-66-65-15-9-11-17-69(65)73(70(66)49-62,57-13-7-6-8-14-57)58-32-43-64(44-33-58)76-63-41-27-52(5-2)28-42-63/h4-46,48-49H,1-2,47H2,3H3. The lowest BCUT2D eigenvalue weighted by molar-refractivity contribution is 0.482. The van der Waals surface area contributed by atoms with Crippen LogP contribution in [0.25, 0.3) is 61.9 Å². The van der Waals surface area contributed by atoms with Crippen LogP contribution in [0.5, 0.6) is 11.5 Å². The SMILES string of the molecule is C=Cc1ccc(Cc2ccc(-n3c4ccccc4c4cc(-c5ccc(N(c6ccc(C)cc6)c6ccc7c(c6)C(c6ccccc6)(c6ccc(Oc8ccc(C=C)cc8)cc6)c6ccccc6-7)cc5)ccc43)cc2)cc1. The Kier molecular flexibility index (Phi) is 11.7.